The molecule has 4 aliphatic rings. The van der Waals surface area contributed by atoms with E-state index in [1.165, 1.54) is 0 Å². The van der Waals surface area contributed by atoms with Crippen LogP contribution >= 0.6 is 0 Å². The number of rotatable bonds is 4. The molecule has 8 heteroatoms. The first kappa shape index (κ1) is 30.4. The first-order chi connectivity index (χ1) is 19.8. The van der Waals surface area contributed by atoms with Crippen molar-refractivity contribution in [2.24, 2.45) is 21.7 Å². The molecule has 2 saturated carbocycles. The second-order valence-corrected chi connectivity index (χ2v) is 13.3. The summed E-state index contributed by atoms with van der Waals surface area (Å²) in [5, 5.41) is 22.0. The number of Topliss-reactive ketones (excluding diaryl/α,β-unsaturated/α-hetero) is 2. The molecule has 0 radical (unpaired) electrons. The Labute approximate surface area is 248 Å². The first-order valence-electron chi connectivity index (χ1n) is 14.7. The highest BCUT2D eigenvalue weighted by Gasteiger charge is 2.63. The van der Waals surface area contributed by atoms with Gasteiger partial charge in [-0.3, -0.25) is 9.59 Å². The summed E-state index contributed by atoms with van der Waals surface area (Å²) in [5.41, 5.74) is 1.39. The van der Waals surface area contributed by atoms with Crippen molar-refractivity contribution in [3.8, 4) is 23.0 Å². The van der Waals surface area contributed by atoms with Crippen molar-refractivity contribution in [3.63, 3.8) is 0 Å². The Morgan fingerprint density at radius 1 is 0.595 bits per heavy atom. The van der Waals surface area contributed by atoms with Gasteiger partial charge in [0.15, 0.2) is 0 Å². The first-order valence-corrected chi connectivity index (χ1v) is 14.7. The number of hydrogen-bond acceptors (Lipinski definition) is 8. The van der Waals surface area contributed by atoms with Crippen molar-refractivity contribution >= 4 is 11.6 Å². The van der Waals surface area contributed by atoms with E-state index < -0.39 is 23.0 Å². The van der Waals surface area contributed by atoms with Crippen LogP contribution in [0.2, 0.25) is 0 Å². The second-order valence-electron chi connectivity index (χ2n) is 13.3. The van der Waals surface area contributed by atoms with E-state index in [0.29, 0.717) is 35.5 Å². The van der Waals surface area contributed by atoms with Crippen molar-refractivity contribution in [2.75, 3.05) is 28.4 Å². The number of hydrogen-bond donors (Lipinski definition) is 2. The Bertz CT molecular complexity index is 1330. The summed E-state index contributed by atoms with van der Waals surface area (Å²) < 4.78 is 21.8. The SMILES string of the molecule is COc1ccc(OC)c2c1C[C@@]1(C)CCC(=O)[C@@]1(C)[C@H]2O.COc1ccc(OC)c2c1C[C@@]1(C)CCC(=O)[C@@]1(C)[C@H]2O. The lowest BCUT2D eigenvalue weighted by molar-refractivity contribution is -0.141. The number of methoxy groups -OCH3 is 4. The average Bonchev–Trinajstić information content (AvgIpc) is 3.37. The zero-order valence-electron chi connectivity index (χ0n) is 26.1. The third-order valence-corrected chi connectivity index (χ3v) is 11.7. The molecule has 0 saturated heterocycles. The van der Waals surface area contributed by atoms with Gasteiger partial charge in [0.1, 0.15) is 34.6 Å². The highest BCUT2D eigenvalue weighted by Crippen LogP contribution is 2.65. The normalized spacial score (nSPS) is 34.3. The smallest absolute Gasteiger partial charge is 0.142 e. The van der Waals surface area contributed by atoms with E-state index in [-0.39, 0.29) is 22.4 Å². The Morgan fingerprint density at radius 2 is 0.905 bits per heavy atom. The summed E-state index contributed by atoms with van der Waals surface area (Å²) in [7, 11) is 6.43. The summed E-state index contributed by atoms with van der Waals surface area (Å²) in [6.07, 6.45) is 2.41. The van der Waals surface area contributed by atoms with Crippen molar-refractivity contribution in [1.29, 1.82) is 0 Å². The van der Waals surface area contributed by atoms with E-state index in [9.17, 15) is 19.8 Å². The molecule has 42 heavy (non-hydrogen) atoms. The number of carbonyl (C=O) groups excluding carboxylic acids is 2. The van der Waals surface area contributed by atoms with Gasteiger partial charge < -0.3 is 29.2 Å². The van der Waals surface area contributed by atoms with Gasteiger partial charge in [0.05, 0.1) is 51.5 Å². The minimum absolute atomic E-state index is 0.146. The monoisotopic (exact) mass is 580 g/mol. The van der Waals surface area contributed by atoms with Gasteiger partial charge in [-0.2, -0.15) is 0 Å². The van der Waals surface area contributed by atoms with Crippen LogP contribution in [0.3, 0.4) is 0 Å². The highest BCUT2D eigenvalue weighted by atomic mass is 16.5. The van der Waals surface area contributed by atoms with Crippen LogP contribution in [0.15, 0.2) is 24.3 Å². The second kappa shape index (κ2) is 10.3. The summed E-state index contributed by atoms with van der Waals surface area (Å²) in [6, 6.07) is 7.33. The molecular formula is C34H44O8. The molecule has 0 bridgehead atoms. The van der Waals surface area contributed by atoms with Gasteiger partial charge in [-0.15, -0.1) is 0 Å². The Hall–Kier alpha value is -3.10. The Balaban J connectivity index is 0.000000168. The summed E-state index contributed by atoms with van der Waals surface area (Å²) in [4.78, 5) is 25.0. The molecule has 2 aromatic rings. The van der Waals surface area contributed by atoms with Crippen LogP contribution < -0.4 is 18.9 Å². The van der Waals surface area contributed by atoms with Gasteiger partial charge in [-0.1, -0.05) is 13.8 Å². The minimum Gasteiger partial charge on any atom is -0.496 e. The third-order valence-electron chi connectivity index (χ3n) is 11.7. The van der Waals surface area contributed by atoms with E-state index >= 15 is 0 Å². The maximum Gasteiger partial charge on any atom is 0.142 e. The van der Waals surface area contributed by atoms with E-state index in [1.807, 2.05) is 26.0 Å². The van der Waals surface area contributed by atoms with Gasteiger partial charge in [0, 0.05) is 35.1 Å². The number of carbonyl (C=O) groups is 2. The van der Waals surface area contributed by atoms with Crippen molar-refractivity contribution in [3.05, 3.63) is 46.5 Å². The quantitative estimate of drug-likeness (QED) is 0.499. The molecule has 228 valence electrons. The summed E-state index contributed by atoms with van der Waals surface area (Å²) in [6.45, 7) is 8.00. The fourth-order valence-electron chi connectivity index (χ4n) is 8.31. The van der Waals surface area contributed by atoms with Crippen molar-refractivity contribution in [2.45, 2.75) is 78.4 Å². The molecular weight excluding hydrogens is 536 g/mol. The topological polar surface area (TPSA) is 112 Å². The number of benzene rings is 2. The number of ether oxygens (including phenoxy) is 4. The predicted molar refractivity (Wildman–Crippen MR) is 157 cm³/mol. The highest BCUT2D eigenvalue weighted by molar-refractivity contribution is 5.90. The van der Waals surface area contributed by atoms with Crippen LogP contribution in [0.5, 0.6) is 23.0 Å². The molecule has 0 spiro atoms. The summed E-state index contributed by atoms with van der Waals surface area (Å²) in [5.74, 6) is 3.06. The Morgan fingerprint density at radius 3 is 1.21 bits per heavy atom. The van der Waals surface area contributed by atoms with E-state index in [4.69, 9.17) is 18.9 Å². The van der Waals surface area contributed by atoms with Gasteiger partial charge >= 0.3 is 0 Å². The van der Waals surface area contributed by atoms with Crippen molar-refractivity contribution in [1.82, 2.24) is 0 Å². The molecule has 0 aromatic heterocycles. The van der Waals surface area contributed by atoms with E-state index in [1.54, 1.807) is 40.6 Å². The molecule has 2 fully saturated rings. The van der Waals surface area contributed by atoms with Crippen LogP contribution in [-0.2, 0) is 22.4 Å². The van der Waals surface area contributed by atoms with E-state index in [2.05, 4.69) is 13.8 Å². The van der Waals surface area contributed by atoms with E-state index in [0.717, 1.165) is 48.3 Å². The maximum absolute atomic E-state index is 12.5. The van der Waals surface area contributed by atoms with Gasteiger partial charge in [0.2, 0.25) is 0 Å². The lowest BCUT2D eigenvalue weighted by Crippen LogP contribution is -2.47. The van der Waals surface area contributed by atoms with Gasteiger partial charge in [0.25, 0.3) is 0 Å². The predicted octanol–water partition coefficient (Wildman–Crippen LogP) is 5.34. The zero-order chi connectivity index (χ0) is 30.8. The lowest BCUT2D eigenvalue weighted by Gasteiger charge is -2.48. The van der Waals surface area contributed by atoms with Crippen LogP contribution in [0, 0.1) is 21.7 Å². The standard InChI is InChI=1S/2C17H22O4/c2*1-16-8-7-13(18)17(16,2)15(19)14-10(9-16)11(20-3)5-6-12(14)21-4/h2*5-6,15,19H,7-9H2,1-4H3/t2*15-,16+,17-/m00/s1. The lowest BCUT2D eigenvalue weighted by atomic mass is 9.56. The molecule has 6 atom stereocenters. The third kappa shape index (κ3) is 3.87. The average molecular weight is 581 g/mol. The fraction of sp³-hybridized carbons (Fsp3) is 0.588. The maximum atomic E-state index is 12.5. The molecule has 0 aliphatic heterocycles. The largest absolute Gasteiger partial charge is 0.496 e. The summed E-state index contributed by atoms with van der Waals surface area (Å²) >= 11 is 0. The van der Waals surface area contributed by atoms with Gasteiger partial charge in [-0.05, 0) is 74.6 Å². The number of fused-ring (bicyclic) bond motifs is 4. The molecule has 2 aromatic carbocycles. The fourth-order valence-corrected chi connectivity index (χ4v) is 8.31. The molecule has 8 nitrogen and oxygen atoms in total. The molecule has 0 unspecified atom stereocenters. The minimum atomic E-state index is -0.855. The number of ketones is 2. The zero-order valence-corrected chi connectivity index (χ0v) is 26.1. The molecule has 6 rings (SSSR count). The molecule has 0 amide bonds. The van der Waals surface area contributed by atoms with Gasteiger partial charge in [-0.25, -0.2) is 0 Å². The molecule has 4 aliphatic carbocycles. The number of aliphatic hydroxyl groups is 2. The molecule has 2 N–H and O–H groups in total. The van der Waals surface area contributed by atoms with Crippen LogP contribution in [0.4, 0.5) is 0 Å². The van der Waals surface area contributed by atoms with Crippen molar-refractivity contribution < 1.29 is 38.7 Å². The Kier molecular flexibility index (Phi) is 7.42. The van der Waals surface area contributed by atoms with Crippen LogP contribution in [0.1, 0.15) is 87.8 Å². The van der Waals surface area contributed by atoms with Crippen LogP contribution in [-0.4, -0.2) is 50.2 Å². The number of aliphatic hydroxyl groups excluding tert-OH is 2. The molecule has 0 heterocycles. The van der Waals surface area contributed by atoms with Crippen LogP contribution in [0.25, 0.3) is 0 Å².